The third-order valence-corrected chi connectivity index (χ3v) is 20.7. The molecule has 660 valence electrons. The second kappa shape index (κ2) is 51.6. The van der Waals surface area contributed by atoms with Crippen LogP contribution >= 0.6 is 0 Å². The van der Waals surface area contributed by atoms with E-state index in [0.717, 1.165) is 0 Å². The molecule has 0 unspecified atom stereocenters. The van der Waals surface area contributed by atoms with Crippen LogP contribution in [-0.4, -0.2) is 274 Å². The Balaban J connectivity index is 1.84. The fraction of sp³-hybridized carbons (Fsp3) is 0.743. The number of guanidine groups is 1. The van der Waals surface area contributed by atoms with Crippen molar-refractivity contribution < 1.29 is 96.5 Å². The number of primary amides is 2. The van der Waals surface area contributed by atoms with E-state index >= 15 is 0 Å². The Hall–Kier alpha value is -10.4. The summed E-state index contributed by atoms with van der Waals surface area (Å²) in [5.41, 5.74) is 45.2. The second-order valence-corrected chi connectivity index (χ2v) is 30.4. The molecule has 3 aliphatic heterocycles. The minimum absolute atomic E-state index is 0.00666. The molecule has 29 N–H and O–H groups in total. The van der Waals surface area contributed by atoms with Crippen LogP contribution in [0.15, 0.2) is 4.99 Å². The number of amides is 16. The standard InChI is InChI=1S/C74H129N23O20/c1-8-40(4)58(94-68(111)53-25-17-37-96(53)71(114)49(28-31-56(100)101)91-62(105)44(78)19-9-12-32-75)72(115)97-38-18-24-52(97)67(110)89-47(26-29-54(79)98)63(106)85-43(7)60(103)90-48(21-11-14-34-77)70(113)95-36-16-23-51(95)66(109)88-46(22-15-35-83-74(81)82)64(107)87-45(20-10-13-33-76)65(108)93-57(39(2)3)69(112)86-41(5)59(102)84-42(6)61(104)92-50(73(116)117)27-30-55(80)99/h39-53,57-58H,8-38,75-78H2,1-7H3,(H2,79,98)(H2,80,99)(H,84,102)(H,85,106)(H,86,112)(H,87,107)(H,88,109)(H,89,110)(H,90,103)(H,91,105)(H,92,104)(H,93,108)(H,94,111)(H,100,101)(H,116,117)(H4,81,82,83)/t40-,41-,42-,43-,44-,45-,46-,47-,48-,49-,50-,51-,52-,53-,57-,58-/m0/s1. The molecule has 3 aliphatic rings. The van der Waals surface area contributed by atoms with Crippen LogP contribution in [0.3, 0.4) is 0 Å². The fourth-order valence-electron chi connectivity index (χ4n) is 13.6. The van der Waals surface area contributed by atoms with Gasteiger partial charge in [0.05, 0.1) is 6.04 Å². The number of aliphatic carboxylic acids is 2. The predicted molar refractivity (Wildman–Crippen MR) is 425 cm³/mol. The van der Waals surface area contributed by atoms with E-state index in [2.05, 4.69) is 63.5 Å². The number of nitrogens with two attached hydrogens (primary N) is 8. The summed E-state index contributed by atoms with van der Waals surface area (Å²) in [6.45, 7) is 11.4. The van der Waals surface area contributed by atoms with Gasteiger partial charge in [0.15, 0.2) is 5.96 Å². The minimum Gasteiger partial charge on any atom is -0.481 e. The maximum Gasteiger partial charge on any atom is 0.326 e. The molecular weight excluding hydrogens is 1530 g/mol. The lowest BCUT2D eigenvalue weighted by Gasteiger charge is -2.34. The van der Waals surface area contributed by atoms with Crippen molar-refractivity contribution in [1.29, 1.82) is 0 Å². The van der Waals surface area contributed by atoms with Gasteiger partial charge in [0.1, 0.15) is 84.6 Å². The van der Waals surface area contributed by atoms with E-state index in [1.54, 1.807) is 27.7 Å². The molecule has 0 aromatic heterocycles. The second-order valence-electron chi connectivity index (χ2n) is 30.4. The van der Waals surface area contributed by atoms with Gasteiger partial charge in [-0.2, -0.15) is 0 Å². The number of carbonyl (C=O) groups excluding carboxylic acids is 16. The number of unbranched alkanes of at least 4 members (excludes halogenated alkanes) is 3. The first kappa shape index (κ1) is 101. The monoisotopic (exact) mass is 1660 g/mol. The van der Waals surface area contributed by atoms with Crippen molar-refractivity contribution in [3.63, 3.8) is 0 Å². The highest BCUT2D eigenvalue weighted by molar-refractivity contribution is 6.01. The van der Waals surface area contributed by atoms with E-state index < -0.39 is 222 Å². The fourth-order valence-corrected chi connectivity index (χ4v) is 13.6. The Kier molecular flexibility index (Phi) is 44.4. The summed E-state index contributed by atoms with van der Waals surface area (Å²) in [6.07, 6.45) is 2.01. The molecular formula is C74H129N23O20. The van der Waals surface area contributed by atoms with Crippen LogP contribution in [-0.2, 0) is 86.3 Å². The number of carbonyl (C=O) groups is 18. The molecule has 3 saturated heterocycles. The first-order valence-corrected chi connectivity index (χ1v) is 40.4. The highest BCUT2D eigenvalue weighted by Gasteiger charge is 2.45. The number of carboxylic acid groups (broad SMARTS) is 2. The molecule has 43 nitrogen and oxygen atoms in total. The van der Waals surface area contributed by atoms with E-state index in [1.165, 1.54) is 35.5 Å². The first-order valence-electron chi connectivity index (χ1n) is 40.4. The van der Waals surface area contributed by atoms with Crippen LogP contribution < -0.4 is 104 Å². The third kappa shape index (κ3) is 34.0. The summed E-state index contributed by atoms with van der Waals surface area (Å²) in [6, 6.07) is -19.9. The van der Waals surface area contributed by atoms with Crippen molar-refractivity contribution >= 4 is 112 Å². The van der Waals surface area contributed by atoms with E-state index in [0.29, 0.717) is 57.9 Å². The first-order chi connectivity index (χ1) is 55.2. The van der Waals surface area contributed by atoms with Crippen LogP contribution in [0.2, 0.25) is 0 Å². The van der Waals surface area contributed by atoms with Crippen LogP contribution in [0, 0.1) is 11.8 Å². The number of likely N-dealkylation sites (tertiary alicyclic amines) is 3. The van der Waals surface area contributed by atoms with Crippen molar-refractivity contribution in [2.75, 3.05) is 45.8 Å². The summed E-state index contributed by atoms with van der Waals surface area (Å²) in [5.74, 6) is -17.1. The minimum atomic E-state index is -1.55. The van der Waals surface area contributed by atoms with Crippen LogP contribution in [0.1, 0.15) is 203 Å². The molecule has 3 fully saturated rings. The molecule has 0 radical (unpaired) electrons. The van der Waals surface area contributed by atoms with Gasteiger partial charge in [-0.05, 0) is 174 Å². The quantitative estimate of drug-likeness (QED) is 0.0153. The average Bonchev–Trinajstić information content (AvgIpc) is 1.69. The molecule has 0 aromatic carbocycles. The molecule has 3 rings (SSSR count). The normalized spacial score (nSPS) is 18.5. The van der Waals surface area contributed by atoms with Crippen molar-refractivity contribution in [3.05, 3.63) is 0 Å². The van der Waals surface area contributed by atoms with Crippen molar-refractivity contribution in [3.8, 4) is 0 Å². The molecule has 0 aromatic rings. The summed E-state index contributed by atoms with van der Waals surface area (Å²) in [7, 11) is 0. The maximum absolute atomic E-state index is 14.8. The van der Waals surface area contributed by atoms with Gasteiger partial charge in [-0.25, -0.2) is 4.79 Å². The van der Waals surface area contributed by atoms with Crippen LogP contribution in [0.5, 0.6) is 0 Å². The van der Waals surface area contributed by atoms with Gasteiger partial charge in [0.2, 0.25) is 94.5 Å². The number of hydrogen-bond donors (Lipinski definition) is 21. The molecule has 16 amide bonds. The SMILES string of the molecule is CC[C@H](C)[C@H](NC(=O)[C@@H]1CCCN1C(=O)[C@H](CCC(=O)O)NC(=O)[C@@H](N)CCCCN)C(=O)N1CCC[C@H]1C(=O)N[C@@H](CCC(N)=O)C(=O)N[C@@H](C)C(=O)N[C@@H](CCCCN)C(=O)N1CCC[C@H]1C(=O)N[C@@H](CCCN=C(N)N)C(=O)N[C@@H](CCCCN)C(=O)N[C@H](C(=O)N[C@@H](C)C(=O)N[C@@H](C)C(=O)N[C@@H](CCC(N)=O)C(=O)O)C(C)C. The molecule has 16 atom stereocenters. The summed E-state index contributed by atoms with van der Waals surface area (Å²) >= 11 is 0. The Labute approximate surface area is 681 Å². The Morgan fingerprint density at radius 2 is 0.744 bits per heavy atom. The summed E-state index contributed by atoms with van der Waals surface area (Å²) in [4.78, 5) is 252. The molecule has 0 bridgehead atoms. The topological polar surface area (TPSA) is 710 Å². The van der Waals surface area contributed by atoms with Crippen LogP contribution in [0.25, 0.3) is 0 Å². The van der Waals surface area contributed by atoms with E-state index in [9.17, 15) is 96.5 Å². The lowest BCUT2D eigenvalue weighted by molar-refractivity contribution is -0.146. The predicted octanol–water partition coefficient (Wildman–Crippen LogP) is -6.70. The lowest BCUT2D eigenvalue weighted by Crippen LogP contribution is -2.61. The van der Waals surface area contributed by atoms with Crippen molar-refractivity contribution in [1.82, 2.24) is 73.2 Å². The number of hydrogen-bond acceptors (Lipinski definition) is 23. The summed E-state index contributed by atoms with van der Waals surface area (Å²) < 4.78 is 0. The van der Waals surface area contributed by atoms with Crippen molar-refractivity contribution in [2.45, 2.75) is 293 Å². The lowest BCUT2D eigenvalue weighted by atomic mass is 9.96. The number of nitrogens with one attached hydrogen (secondary N) is 11. The highest BCUT2D eigenvalue weighted by atomic mass is 16.4. The third-order valence-electron chi connectivity index (χ3n) is 20.7. The zero-order valence-electron chi connectivity index (χ0n) is 68.4. The maximum atomic E-state index is 14.8. The molecule has 43 heteroatoms. The van der Waals surface area contributed by atoms with Crippen LogP contribution in [0.4, 0.5) is 0 Å². The molecule has 0 aliphatic carbocycles. The van der Waals surface area contributed by atoms with Gasteiger partial charge in [0, 0.05) is 45.4 Å². The molecule has 0 spiro atoms. The van der Waals surface area contributed by atoms with E-state index in [-0.39, 0.29) is 135 Å². The number of carboxylic acids is 2. The van der Waals surface area contributed by atoms with E-state index in [1.807, 2.05) is 0 Å². The van der Waals surface area contributed by atoms with Gasteiger partial charge in [-0.15, -0.1) is 0 Å². The Morgan fingerprint density at radius 3 is 1.20 bits per heavy atom. The van der Waals surface area contributed by atoms with Gasteiger partial charge in [-0.1, -0.05) is 40.5 Å². The van der Waals surface area contributed by atoms with Gasteiger partial charge in [-0.3, -0.25) is 86.5 Å². The number of rotatable bonds is 54. The zero-order valence-corrected chi connectivity index (χ0v) is 68.4. The highest BCUT2D eigenvalue weighted by Crippen LogP contribution is 2.26. The largest absolute Gasteiger partial charge is 0.481 e. The molecule has 117 heavy (non-hydrogen) atoms. The molecule has 0 saturated carbocycles. The average molecular weight is 1660 g/mol. The Morgan fingerprint density at radius 1 is 0.385 bits per heavy atom. The Bertz CT molecular complexity index is 3460. The van der Waals surface area contributed by atoms with Gasteiger partial charge < -0.3 is 129 Å². The zero-order chi connectivity index (χ0) is 87.9. The number of aliphatic imine (C=N–C) groups is 1. The molecule has 3 heterocycles. The van der Waals surface area contributed by atoms with Gasteiger partial charge in [0.25, 0.3) is 0 Å². The van der Waals surface area contributed by atoms with Crippen molar-refractivity contribution in [2.24, 2.45) is 62.7 Å². The van der Waals surface area contributed by atoms with Gasteiger partial charge >= 0.3 is 11.9 Å². The van der Waals surface area contributed by atoms with E-state index in [4.69, 9.17) is 45.9 Å². The summed E-state index contributed by atoms with van der Waals surface area (Å²) in [5, 5.41) is 47.4. The number of nitrogens with zero attached hydrogens (tertiary/aromatic N) is 4. The smallest absolute Gasteiger partial charge is 0.326 e.